The van der Waals surface area contributed by atoms with Crippen LogP contribution in [0.4, 0.5) is 4.11 Å². The van der Waals surface area contributed by atoms with Crippen LogP contribution in [0.5, 0.6) is 0 Å². The molecular weight excluding hydrogens is 151 g/mol. The normalized spacial score (nSPS) is 39.9. The van der Waals surface area contributed by atoms with Gasteiger partial charge in [0.05, 0.1) is 0 Å². The second kappa shape index (κ2) is 2.69. The molecule has 0 radical (unpaired) electrons. The van der Waals surface area contributed by atoms with Gasteiger partial charge in [-0.1, -0.05) is 0 Å². The van der Waals surface area contributed by atoms with E-state index in [0.717, 1.165) is 0 Å². The highest BCUT2D eigenvalue weighted by atomic mass is 28.5. The Morgan fingerprint density at radius 2 is 1.86 bits per heavy atom. The Labute approximate surface area is 46.9 Å². The summed E-state index contributed by atoms with van der Waals surface area (Å²) < 4.78 is 25.6. The maximum absolute atomic E-state index is 11.9. The Morgan fingerprint density at radius 1 is 1.29 bits per heavy atom. The van der Waals surface area contributed by atoms with E-state index in [0.29, 0.717) is 0 Å². The molecule has 0 aromatic rings. The lowest BCUT2D eigenvalue weighted by Gasteiger charge is -2.14. The van der Waals surface area contributed by atoms with Gasteiger partial charge in [-0.2, -0.15) is 0 Å². The molecule has 0 bridgehead atoms. The molecule has 0 aromatic heterocycles. The fraction of sp³-hybridized carbons (Fsp3) is 0. The minimum absolute atomic E-state index is 0.916. The molecule has 0 aliphatic carbocycles. The van der Waals surface area contributed by atoms with Gasteiger partial charge >= 0.3 is 9.62 Å². The molecule has 1 aliphatic rings. The Hall–Kier alpha value is 0.461. The fourth-order valence-corrected chi connectivity index (χ4v) is 5.17. The predicted octanol–water partition coefficient (Wildman–Crippen LogP) is -2.27. The minimum atomic E-state index is -2.60. The van der Waals surface area contributed by atoms with Crippen LogP contribution in [0.1, 0.15) is 0 Å². The van der Waals surface area contributed by atoms with Gasteiger partial charge in [-0.25, -0.2) is 4.11 Å². The van der Waals surface area contributed by atoms with E-state index in [4.69, 9.17) is 4.12 Å². The van der Waals surface area contributed by atoms with E-state index in [1.54, 1.807) is 0 Å². The lowest BCUT2D eigenvalue weighted by Crippen LogP contribution is -2.31. The van der Waals surface area contributed by atoms with Crippen LogP contribution in [-0.4, -0.2) is 29.6 Å². The molecule has 0 atom stereocenters. The average molecular weight is 156 g/mol. The zero-order valence-electron chi connectivity index (χ0n) is 3.59. The van der Waals surface area contributed by atoms with Gasteiger partial charge in [0, 0.05) is 0 Å². The molecule has 0 unspecified atom stereocenters. The van der Waals surface area contributed by atoms with E-state index in [1.165, 1.54) is 0 Å². The van der Waals surface area contributed by atoms with Crippen LogP contribution in [0.25, 0.3) is 0 Å². The van der Waals surface area contributed by atoms with Crippen LogP contribution in [0.3, 0.4) is 0 Å². The molecule has 0 spiro atoms. The van der Waals surface area contributed by atoms with Crippen molar-refractivity contribution >= 4 is 29.6 Å². The number of hydrogen-bond acceptors (Lipinski definition) is 3. The summed E-state index contributed by atoms with van der Waals surface area (Å²) in [5.74, 6) is 0. The van der Waals surface area contributed by atoms with Crippen molar-refractivity contribution in [1.29, 1.82) is 0 Å². The maximum atomic E-state index is 11.9. The molecule has 1 aliphatic heterocycles. The second-order valence-corrected chi connectivity index (χ2v) is 6.37. The molecule has 1 heterocycles. The van der Waals surface area contributed by atoms with Crippen molar-refractivity contribution in [2.75, 3.05) is 0 Å². The average Bonchev–Trinajstić information content (AvgIpc) is 1.69. The van der Waals surface area contributed by atoms with Gasteiger partial charge in [0.2, 0.25) is 0 Å². The highest BCUT2D eigenvalue weighted by Crippen LogP contribution is 1.93. The monoisotopic (exact) mass is 156 g/mol. The third kappa shape index (κ3) is 1.80. The van der Waals surface area contributed by atoms with Gasteiger partial charge in [0.15, 0.2) is 0 Å². The highest BCUT2D eigenvalue weighted by molar-refractivity contribution is 6.56. The maximum Gasteiger partial charge on any atom is 0.505 e. The smallest absolute Gasteiger partial charge is 0.425 e. The summed E-state index contributed by atoms with van der Waals surface area (Å²) in [6.45, 7) is 0. The lowest BCUT2D eigenvalue weighted by molar-refractivity contribution is 0.283. The van der Waals surface area contributed by atoms with E-state index in [-0.39, 0.29) is 0 Å². The molecule has 7 heavy (non-hydrogen) atoms. The third-order valence-corrected chi connectivity index (χ3v) is 5.08. The molecule has 1 saturated heterocycles. The van der Waals surface area contributed by atoms with E-state index >= 15 is 0 Å². The zero-order valence-corrected chi connectivity index (χ0v) is 7.58. The number of hydrogen-bond donors (Lipinski definition) is 0. The van der Waals surface area contributed by atoms with Crippen LogP contribution >= 0.6 is 0 Å². The van der Waals surface area contributed by atoms with Gasteiger partial charge in [-0.3, -0.25) is 0 Å². The van der Waals surface area contributed by atoms with Gasteiger partial charge in [-0.15, -0.1) is 0 Å². The van der Waals surface area contributed by atoms with Crippen LogP contribution in [0, 0.1) is 0 Å². The summed E-state index contributed by atoms with van der Waals surface area (Å²) in [4.78, 5) is 0. The van der Waals surface area contributed by atoms with E-state index in [1.807, 2.05) is 0 Å². The summed E-state index contributed by atoms with van der Waals surface area (Å²) in [5.41, 5.74) is 0. The number of rotatable bonds is 0. The molecule has 3 nitrogen and oxygen atoms in total. The molecule has 42 valence electrons. The molecular formula is H5FO3Si3. The zero-order chi connectivity index (χ0) is 5.11. The minimum Gasteiger partial charge on any atom is -0.425 e. The van der Waals surface area contributed by atoms with Gasteiger partial charge < -0.3 is 12.3 Å². The summed E-state index contributed by atoms with van der Waals surface area (Å²) in [6, 6.07) is 0. The molecule has 0 amide bonds. The van der Waals surface area contributed by atoms with Gasteiger partial charge in [0.1, 0.15) is 0 Å². The van der Waals surface area contributed by atoms with Crippen molar-refractivity contribution in [2.45, 2.75) is 0 Å². The lowest BCUT2D eigenvalue weighted by atomic mass is 15.7. The topological polar surface area (TPSA) is 27.7 Å². The summed E-state index contributed by atoms with van der Waals surface area (Å²) in [6.07, 6.45) is 0. The Kier molecular flexibility index (Phi) is 2.15. The van der Waals surface area contributed by atoms with Crippen LogP contribution in [0.15, 0.2) is 0 Å². The van der Waals surface area contributed by atoms with E-state index in [2.05, 4.69) is 8.23 Å². The van der Waals surface area contributed by atoms with E-state index in [9.17, 15) is 4.11 Å². The van der Waals surface area contributed by atoms with Crippen molar-refractivity contribution in [2.24, 2.45) is 0 Å². The Morgan fingerprint density at radius 3 is 2.14 bits per heavy atom. The van der Waals surface area contributed by atoms with Gasteiger partial charge in [0.25, 0.3) is 20.0 Å². The Bertz CT molecular complexity index is 52.1. The van der Waals surface area contributed by atoms with Crippen molar-refractivity contribution in [3.05, 3.63) is 0 Å². The first-order valence-electron chi connectivity index (χ1n) is 1.84. The van der Waals surface area contributed by atoms with Crippen LogP contribution in [-0.2, 0) is 12.3 Å². The molecule has 0 saturated carbocycles. The van der Waals surface area contributed by atoms with Crippen LogP contribution in [0.2, 0.25) is 0 Å². The first kappa shape index (κ1) is 5.59. The van der Waals surface area contributed by atoms with Crippen molar-refractivity contribution in [1.82, 2.24) is 0 Å². The Balaban J connectivity index is 2.12. The SMILES string of the molecule is F[SiH]1O[SiH2]O[SiH2]O1. The standard InChI is InChI=1S/FH5O3Si3/c1-7-3-5-2-6-4-7/h7H,5-6H2. The quantitative estimate of drug-likeness (QED) is 0.292. The summed E-state index contributed by atoms with van der Waals surface area (Å²) >= 11 is 0. The molecule has 0 N–H and O–H groups in total. The number of halogens is 1. The molecule has 1 fully saturated rings. The van der Waals surface area contributed by atoms with E-state index < -0.39 is 29.6 Å². The van der Waals surface area contributed by atoms with Gasteiger partial charge in [-0.05, 0) is 0 Å². The largest absolute Gasteiger partial charge is 0.505 e. The van der Waals surface area contributed by atoms with Crippen molar-refractivity contribution in [3.8, 4) is 0 Å². The molecule has 1 rings (SSSR count). The second-order valence-electron chi connectivity index (χ2n) is 1.05. The summed E-state index contributed by atoms with van der Waals surface area (Å²) in [7, 11) is -4.43. The van der Waals surface area contributed by atoms with Crippen molar-refractivity contribution < 1.29 is 16.5 Å². The fourth-order valence-electron chi connectivity index (χ4n) is 0.285. The first-order valence-corrected chi connectivity index (χ1v) is 5.53. The summed E-state index contributed by atoms with van der Waals surface area (Å²) in [5, 5.41) is 0. The third-order valence-electron chi connectivity index (χ3n) is 0.565. The highest BCUT2D eigenvalue weighted by Gasteiger charge is 2.15. The first-order chi connectivity index (χ1) is 3.39. The van der Waals surface area contributed by atoms with Crippen molar-refractivity contribution in [3.63, 3.8) is 0 Å². The molecule has 0 aromatic carbocycles. The molecule has 7 heteroatoms. The predicted molar refractivity (Wildman–Crippen MR) is 28.6 cm³/mol. The van der Waals surface area contributed by atoms with Crippen LogP contribution < -0.4 is 0 Å².